The number of unbranched alkanes of at least 4 members (excludes halogenated alkanes) is 2. The van der Waals surface area contributed by atoms with Crippen LogP contribution in [0.15, 0.2) is 41.8 Å². The average molecular weight is 375 g/mol. The van der Waals surface area contributed by atoms with Crippen LogP contribution >= 0.6 is 11.3 Å². The molecule has 0 atom stereocenters. The van der Waals surface area contributed by atoms with Crippen LogP contribution < -0.4 is 10.1 Å². The van der Waals surface area contributed by atoms with Gasteiger partial charge in [0.05, 0.1) is 12.2 Å². The van der Waals surface area contributed by atoms with Crippen LogP contribution in [0.25, 0.3) is 0 Å². The fourth-order valence-corrected chi connectivity index (χ4v) is 2.98. The Hall–Kier alpha value is -2.34. The maximum absolute atomic E-state index is 12.0. The number of hydrogen-bond acceptors (Lipinski definition) is 5. The van der Waals surface area contributed by atoms with Crippen LogP contribution in [0, 0.1) is 0 Å². The van der Waals surface area contributed by atoms with Crippen LogP contribution in [0.2, 0.25) is 0 Å². The second kappa shape index (κ2) is 11.3. The van der Waals surface area contributed by atoms with Gasteiger partial charge in [0.25, 0.3) is 5.91 Å². The predicted molar refractivity (Wildman–Crippen MR) is 103 cm³/mol. The largest absolute Gasteiger partial charge is 0.494 e. The Morgan fingerprint density at radius 2 is 1.92 bits per heavy atom. The number of rotatable bonds is 11. The van der Waals surface area contributed by atoms with Gasteiger partial charge in [-0.2, -0.15) is 0 Å². The van der Waals surface area contributed by atoms with Crippen molar-refractivity contribution in [3.63, 3.8) is 0 Å². The summed E-state index contributed by atoms with van der Waals surface area (Å²) < 4.78 is 10.6. The van der Waals surface area contributed by atoms with Crippen LogP contribution in [-0.4, -0.2) is 31.6 Å². The maximum atomic E-state index is 12.0. The van der Waals surface area contributed by atoms with Gasteiger partial charge >= 0.3 is 5.97 Å². The zero-order valence-corrected chi connectivity index (χ0v) is 15.8. The molecule has 0 bridgehead atoms. The average Bonchev–Trinajstić information content (AvgIpc) is 3.17. The van der Waals surface area contributed by atoms with Crippen molar-refractivity contribution in [2.24, 2.45) is 0 Å². The Morgan fingerprint density at radius 3 is 2.62 bits per heavy atom. The summed E-state index contributed by atoms with van der Waals surface area (Å²) in [5.74, 6) is -0.0919. The van der Waals surface area contributed by atoms with Gasteiger partial charge in [-0.25, -0.2) is 4.79 Å². The molecule has 5 nitrogen and oxygen atoms in total. The second-order valence-corrected chi connectivity index (χ2v) is 6.87. The van der Waals surface area contributed by atoms with Crippen LogP contribution in [-0.2, 0) is 16.0 Å². The number of esters is 1. The summed E-state index contributed by atoms with van der Waals surface area (Å²) in [6.45, 7) is 3.06. The summed E-state index contributed by atoms with van der Waals surface area (Å²) in [5.41, 5.74) is 0.400. The molecule has 1 N–H and O–H groups in total. The van der Waals surface area contributed by atoms with Crippen molar-refractivity contribution in [1.29, 1.82) is 0 Å². The van der Waals surface area contributed by atoms with Crippen molar-refractivity contribution >= 4 is 23.2 Å². The van der Waals surface area contributed by atoms with E-state index in [0.29, 0.717) is 18.7 Å². The third-order valence-electron chi connectivity index (χ3n) is 3.71. The molecule has 140 valence electrons. The quantitative estimate of drug-likeness (QED) is 0.479. The molecule has 0 spiro atoms. The molecule has 1 heterocycles. The van der Waals surface area contributed by atoms with Gasteiger partial charge in [-0.15, -0.1) is 11.3 Å². The third kappa shape index (κ3) is 7.27. The number of nitrogens with one attached hydrogen (secondary N) is 1. The van der Waals surface area contributed by atoms with Crippen LogP contribution in [0.1, 0.15) is 41.4 Å². The van der Waals surface area contributed by atoms with Crippen molar-refractivity contribution in [3.05, 3.63) is 52.2 Å². The molecule has 1 aromatic heterocycles. The smallest absolute Gasteiger partial charge is 0.338 e. The second-order valence-electron chi connectivity index (χ2n) is 5.84. The Balaban J connectivity index is 1.65. The molecule has 0 aliphatic carbocycles. The number of carbonyl (C=O) groups excluding carboxylic acids is 2. The highest BCUT2D eigenvalue weighted by Gasteiger charge is 2.10. The van der Waals surface area contributed by atoms with Gasteiger partial charge in [0.15, 0.2) is 6.61 Å². The van der Waals surface area contributed by atoms with Gasteiger partial charge in [0.2, 0.25) is 0 Å². The Bertz CT molecular complexity index is 668. The third-order valence-corrected chi connectivity index (χ3v) is 4.65. The van der Waals surface area contributed by atoms with E-state index in [1.807, 2.05) is 17.5 Å². The SMILES string of the molecule is CCCCCOc1ccc(C(=O)OCC(=O)NCCc2cccs2)cc1. The first kappa shape index (κ1) is 20.0. The predicted octanol–water partition coefficient (Wildman–Crippen LogP) is 3.83. The maximum Gasteiger partial charge on any atom is 0.338 e. The molecular formula is C20H25NO4S. The van der Waals surface area contributed by atoms with E-state index in [2.05, 4.69) is 12.2 Å². The van der Waals surface area contributed by atoms with E-state index in [9.17, 15) is 9.59 Å². The molecule has 2 aromatic rings. The lowest BCUT2D eigenvalue weighted by Crippen LogP contribution is -2.30. The normalized spacial score (nSPS) is 10.3. The first-order valence-corrected chi connectivity index (χ1v) is 9.76. The first-order chi connectivity index (χ1) is 12.7. The van der Waals surface area contributed by atoms with E-state index in [1.54, 1.807) is 35.6 Å². The van der Waals surface area contributed by atoms with Crippen molar-refractivity contribution < 1.29 is 19.1 Å². The summed E-state index contributed by atoms with van der Waals surface area (Å²) in [5, 5.41) is 4.74. The lowest BCUT2D eigenvalue weighted by molar-refractivity contribution is -0.124. The number of benzene rings is 1. The van der Waals surface area contributed by atoms with Gasteiger partial charge in [-0.1, -0.05) is 25.8 Å². The highest BCUT2D eigenvalue weighted by Crippen LogP contribution is 2.13. The zero-order chi connectivity index (χ0) is 18.6. The molecular weight excluding hydrogens is 350 g/mol. The summed E-state index contributed by atoms with van der Waals surface area (Å²) >= 11 is 1.65. The molecule has 2 rings (SSSR count). The first-order valence-electron chi connectivity index (χ1n) is 8.88. The monoisotopic (exact) mass is 375 g/mol. The molecule has 0 aliphatic rings. The molecule has 6 heteroatoms. The highest BCUT2D eigenvalue weighted by molar-refractivity contribution is 7.09. The number of thiophene rings is 1. The fourth-order valence-electron chi connectivity index (χ4n) is 2.27. The molecule has 26 heavy (non-hydrogen) atoms. The summed E-state index contributed by atoms with van der Waals surface area (Å²) in [6, 6.07) is 10.8. The van der Waals surface area contributed by atoms with E-state index in [4.69, 9.17) is 9.47 Å². The standard InChI is InChI=1S/C20H25NO4S/c1-2-3-4-13-24-17-9-7-16(8-10-17)20(23)25-15-19(22)21-12-11-18-6-5-14-26-18/h5-10,14H,2-4,11-13,15H2,1H3,(H,21,22). The molecule has 0 radical (unpaired) electrons. The number of carbonyl (C=O) groups is 2. The van der Waals surface area contributed by atoms with Crippen LogP contribution in [0.5, 0.6) is 5.75 Å². The molecule has 0 saturated heterocycles. The molecule has 0 saturated carbocycles. The van der Waals surface area contributed by atoms with Gasteiger partial charge in [-0.05, 0) is 48.6 Å². The Labute approximate surface area is 158 Å². The van der Waals surface area contributed by atoms with Crippen LogP contribution in [0.3, 0.4) is 0 Å². The van der Waals surface area contributed by atoms with Crippen molar-refractivity contribution in [1.82, 2.24) is 5.32 Å². The lowest BCUT2D eigenvalue weighted by Gasteiger charge is -2.08. The lowest BCUT2D eigenvalue weighted by atomic mass is 10.2. The van der Waals surface area contributed by atoms with Gasteiger partial charge in [-0.3, -0.25) is 4.79 Å². The van der Waals surface area contributed by atoms with E-state index >= 15 is 0 Å². The van der Waals surface area contributed by atoms with E-state index in [1.165, 1.54) is 4.88 Å². The molecule has 1 aromatic carbocycles. The van der Waals surface area contributed by atoms with Gasteiger partial charge in [0, 0.05) is 11.4 Å². The Morgan fingerprint density at radius 1 is 1.12 bits per heavy atom. The topological polar surface area (TPSA) is 64.6 Å². The molecule has 1 amide bonds. The van der Waals surface area contributed by atoms with Crippen molar-refractivity contribution in [3.8, 4) is 5.75 Å². The summed E-state index contributed by atoms with van der Waals surface area (Å²) in [6.07, 6.45) is 4.08. The van der Waals surface area contributed by atoms with E-state index < -0.39 is 5.97 Å². The minimum absolute atomic E-state index is 0.279. The number of amides is 1. The summed E-state index contributed by atoms with van der Waals surface area (Å²) in [7, 11) is 0. The fraction of sp³-hybridized carbons (Fsp3) is 0.400. The molecule has 0 fully saturated rings. The molecule has 0 unspecified atom stereocenters. The van der Waals surface area contributed by atoms with Crippen molar-refractivity contribution in [2.75, 3.05) is 19.8 Å². The minimum atomic E-state index is -0.518. The van der Waals surface area contributed by atoms with Gasteiger partial charge in [0.1, 0.15) is 5.75 Å². The van der Waals surface area contributed by atoms with Crippen molar-refractivity contribution in [2.45, 2.75) is 32.6 Å². The Kier molecular flexibility index (Phi) is 8.69. The number of ether oxygens (including phenoxy) is 2. The molecule has 0 aliphatic heterocycles. The summed E-state index contributed by atoms with van der Waals surface area (Å²) in [4.78, 5) is 24.9. The van der Waals surface area contributed by atoms with Gasteiger partial charge < -0.3 is 14.8 Å². The van der Waals surface area contributed by atoms with E-state index in [0.717, 1.165) is 31.4 Å². The zero-order valence-electron chi connectivity index (χ0n) is 15.0. The van der Waals surface area contributed by atoms with Crippen LogP contribution in [0.4, 0.5) is 0 Å². The van der Waals surface area contributed by atoms with E-state index in [-0.39, 0.29) is 12.5 Å². The minimum Gasteiger partial charge on any atom is -0.494 e. The number of hydrogen-bond donors (Lipinski definition) is 1. The highest BCUT2D eigenvalue weighted by atomic mass is 32.1.